The van der Waals surface area contributed by atoms with Gasteiger partial charge in [-0.1, -0.05) is 11.2 Å². The van der Waals surface area contributed by atoms with Crippen LogP contribution >= 0.6 is 0 Å². The first kappa shape index (κ1) is 13.6. The van der Waals surface area contributed by atoms with Crippen molar-refractivity contribution in [2.24, 2.45) is 0 Å². The van der Waals surface area contributed by atoms with Gasteiger partial charge in [0.25, 0.3) is 0 Å². The second-order valence-corrected chi connectivity index (χ2v) is 3.97. The second-order valence-electron chi connectivity index (χ2n) is 3.97. The fraction of sp³-hybridized carbons (Fsp3) is 0.333. The van der Waals surface area contributed by atoms with E-state index in [4.69, 9.17) is 4.52 Å². The molecule has 2 N–H and O–H groups in total. The molecular formula is C12H13F2N3O2. The van der Waals surface area contributed by atoms with Gasteiger partial charge in [0, 0.05) is 31.1 Å². The largest absolute Gasteiger partial charge is 0.387 e. The molecule has 0 aliphatic carbocycles. The van der Waals surface area contributed by atoms with Gasteiger partial charge in [0.2, 0.25) is 5.89 Å². The van der Waals surface area contributed by atoms with Crippen LogP contribution in [-0.2, 0) is 6.42 Å². The van der Waals surface area contributed by atoms with E-state index in [1.54, 1.807) is 0 Å². The van der Waals surface area contributed by atoms with Gasteiger partial charge in [-0.2, -0.15) is 4.98 Å². The predicted molar refractivity (Wildman–Crippen MR) is 62.2 cm³/mol. The summed E-state index contributed by atoms with van der Waals surface area (Å²) in [4.78, 5) is 3.83. The van der Waals surface area contributed by atoms with Crippen LogP contribution < -0.4 is 5.32 Å². The van der Waals surface area contributed by atoms with Crippen LogP contribution in [0.1, 0.15) is 17.6 Å². The maximum atomic E-state index is 13.4. The maximum Gasteiger partial charge on any atom is 0.227 e. The van der Waals surface area contributed by atoms with E-state index in [9.17, 15) is 13.9 Å². The lowest BCUT2D eigenvalue weighted by Crippen LogP contribution is -2.24. The average Bonchev–Trinajstić information content (AvgIpc) is 2.87. The lowest BCUT2D eigenvalue weighted by atomic mass is 10.1. The summed E-state index contributed by atoms with van der Waals surface area (Å²) < 4.78 is 30.9. The van der Waals surface area contributed by atoms with Crippen molar-refractivity contribution in [2.45, 2.75) is 12.5 Å². The summed E-state index contributed by atoms with van der Waals surface area (Å²) in [5, 5.41) is 16.2. The van der Waals surface area contributed by atoms with Gasteiger partial charge < -0.3 is 14.9 Å². The number of aliphatic hydroxyl groups excluding tert-OH is 1. The van der Waals surface area contributed by atoms with Crippen LogP contribution in [0.25, 0.3) is 0 Å². The molecule has 2 aromatic rings. The molecule has 0 saturated carbocycles. The van der Waals surface area contributed by atoms with Crippen molar-refractivity contribution < 1.29 is 18.4 Å². The van der Waals surface area contributed by atoms with Gasteiger partial charge in [-0.15, -0.1) is 0 Å². The molecule has 0 radical (unpaired) electrons. The van der Waals surface area contributed by atoms with Gasteiger partial charge in [-0.3, -0.25) is 0 Å². The third kappa shape index (κ3) is 3.80. The third-order valence-electron chi connectivity index (χ3n) is 2.58. The summed E-state index contributed by atoms with van der Waals surface area (Å²) in [6.45, 7) is 0.652. The maximum absolute atomic E-state index is 13.4. The highest BCUT2D eigenvalue weighted by atomic mass is 19.1. The van der Waals surface area contributed by atoms with E-state index in [0.717, 1.165) is 12.1 Å². The Labute approximate surface area is 108 Å². The fourth-order valence-corrected chi connectivity index (χ4v) is 1.62. The topological polar surface area (TPSA) is 71.2 Å². The van der Waals surface area contributed by atoms with Crippen LogP contribution in [0.15, 0.2) is 29.0 Å². The third-order valence-corrected chi connectivity index (χ3v) is 2.58. The molecule has 0 aliphatic rings. The first-order chi connectivity index (χ1) is 9.16. The quantitative estimate of drug-likeness (QED) is 0.771. The van der Waals surface area contributed by atoms with E-state index < -0.39 is 17.7 Å². The van der Waals surface area contributed by atoms with Crippen LogP contribution in [0.3, 0.4) is 0 Å². The zero-order chi connectivity index (χ0) is 13.7. The van der Waals surface area contributed by atoms with E-state index in [0.29, 0.717) is 18.9 Å². The number of halogens is 2. The number of hydrogen-bond acceptors (Lipinski definition) is 5. The molecule has 0 amide bonds. The molecule has 102 valence electrons. The lowest BCUT2D eigenvalue weighted by molar-refractivity contribution is 0.170. The molecule has 5 nitrogen and oxygen atoms in total. The van der Waals surface area contributed by atoms with Crippen LogP contribution in [0.5, 0.6) is 0 Å². The minimum atomic E-state index is -1.04. The van der Waals surface area contributed by atoms with Gasteiger partial charge in [0.15, 0.2) is 6.33 Å². The Balaban J connectivity index is 1.79. The molecule has 0 saturated heterocycles. The number of rotatable bonds is 6. The summed E-state index contributed by atoms with van der Waals surface area (Å²) in [5.74, 6) is -0.945. The van der Waals surface area contributed by atoms with E-state index in [1.807, 2.05) is 0 Å². The Morgan fingerprint density at radius 2 is 2.21 bits per heavy atom. The Morgan fingerprint density at radius 1 is 1.37 bits per heavy atom. The molecule has 7 heteroatoms. The number of nitrogens with one attached hydrogen (secondary N) is 1. The summed E-state index contributed by atoms with van der Waals surface area (Å²) in [5.41, 5.74) is 0.0618. The van der Waals surface area contributed by atoms with Gasteiger partial charge in [0.05, 0.1) is 6.10 Å². The number of hydrogen-bond donors (Lipinski definition) is 2. The monoisotopic (exact) mass is 269 g/mol. The molecule has 0 fully saturated rings. The Morgan fingerprint density at radius 3 is 2.89 bits per heavy atom. The molecule has 19 heavy (non-hydrogen) atoms. The molecular weight excluding hydrogens is 256 g/mol. The molecule has 2 rings (SSSR count). The predicted octanol–water partition coefficient (Wildman–Crippen LogP) is 1.21. The Bertz CT molecular complexity index is 520. The smallest absolute Gasteiger partial charge is 0.227 e. The first-order valence-corrected chi connectivity index (χ1v) is 5.76. The number of aromatic nitrogens is 2. The van der Waals surface area contributed by atoms with E-state index >= 15 is 0 Å². The minimum absolute atomic E-state index is 0.0618. The highest BCUT2D eigenvalue weighted by Gasteiger charge is 2.13. The van der Waals surface area contributed by atoms with Crippen LogP contribution in [0.2, 0.25) is 0 Å². The normalized spacial score (nSPS) is 12.6. The first-order valence-electron chi connectivity index (χ1n) is 5.76. The average molecular weight is 269 g/mol. The van der Waals surface area contributed by atoms with Gasteiger partial charge in [0.1, 0.15) is 11.6 Å². The summed E-state index contributed by atoms with van der Waals surface area (Å²) in [6.07, 6.45) is 0.778. The molecule has 0 bridgehead atoms. The van der Waals surface area contributed by atoms with E-state index in [-0.39, 0.29) is 12.1 Å². The van der Waals surface area contributed by atoms with Crippen molar-refractivity contribution in [3.05, 3.63) is 47.6 Å². The molecule has 1 heterocycles. The number of benzene rings is 1. The highest BCUT2D eigenvalue weighted by molar-refractivity contribution is 5.21. The Hall–Kier alpha value is -1.86. The summed E-state index contributed by atoms with van der Waals surface area (Å²) in [6, 6.07) is 3.09. The second kappa shape index (κ2) is 6.35. The standard InChI is InChI=1S/C12H13F2N3O2/c13-8-1-2-9(10(14)5-8)11(18)6-15-4-3-12-16-7-17-19-12/h1-2,5,7,11,15,18H,3-4,6H2. The van der Waals surface area contributed by atoms with Crippen molar-refractivity contribution in [3.63, 3.8) is 0 Å². The molecule has 1 aromatic heterocycles. The summed E-state index contributed by atoms with van der Waals surface area (Å²) in [7, 11) is 0. The SMILES string of the molecule is OC(CNCCc1ncno1)c1ccc(F)cc1F. The molecule has 1 unspecified atom stereocenters. The molecule has 1 atom stereocenters. The minimum Gasteiger partial charge on any atom is -0.387 e. The van der Waals surface area contributed by atoms with E-state index in [2.05, 4.69) is 15.5 Å². The molecule has 1 aromatic carbocycles. The van der Waals surface area contributed by atoms with Gasteiger partial charge >= 0.3 is 0 Å². The highest BCUT2D eigenvalue weighted by Crippen LogP contribution is 2.17. The fourth-order valence-electron chi connectivity index (χ4n) is 1.62. The zero-order valence-corrected chi connectivity index (χ0v) is 10.0. The van der Waals surface area contributed by atoms with Gasteiger partial charge in [-0.25, -0.2) is 8.78 Å². The zero-order valence-electron chi connectivity index (χ0n) is 10.0. The van der Waals surface area contributed by atoms with Crippen LogP contribution in [-0.4, -0.2) is 28.3 Å². The molecule has 0 aliphatic heterocycles. The van der Waals surface area contributed by atoms with Crippen molar-refractivity contribution in [1.29, 1.82) is 0 Å². The number of nitrogens with zero attached hydrogens (tertiary/aromatic N) is 2. The van der Waals surface area contributed by atoms with Crippen LogP contribution in [0.4, 0.5) is 8.78 Å². The Kier molecular flexibility index (Phi) is 4.53. The van der Waals surface area contributed by atoms with Crippen molar-refractivity contribution in [3.8, 4) is 0 Å². The summed E-state index contributed by atoms with van der Waals surface area (Å²) >= 11 is 0. The lowest BCUT2D eigenvalue weighted by Gasteiger charge is -2.12. The number of aliphatic hydroxyl groups is 1. The molecule has 0 spiro atoms. The van der Waals surface area contributed by atoms with Crippen molar-refractivity contribution in [1.82, 2.24) is 15.5 Å². The van der Waals surface area contributed by atoms with Crippen molar-refractivity contribution in [2.75, 3.05) is 13.1 Å². The van der Waals surface area contributed by atoms with Crippen LogP contribution in [0, 0.1) is 11.6 Å². The van der Waals surface area contributed by atoms with Gasteiger partial charge in [-0.05, 0) is 6.07 Å². The van der Waals surface area contributed by atoms with Crippen molar-refractivity contribution >= 4 is 0 Å². The van der Waals surface area contributed by atoms with E-state index in [1.165, 1.54) is 12.4 Å².